The van der Waals surface area contributed by atoms with E-state index in [-0.39, 0.29) is 5.01 Å². The highest BCUT2D eigenvalue weighted by atomic mass is 32.1. The van der Waals surface area contributed by atoms with Gasteiger partial charge in [0.15, 0.2) is 5.65 Å². The summed E-state index contributed by atoms with van der Waals surface area (Å²) in [5.41, 5.74) is 6.41. The molecule has 0 aliphatic heterocycles. The van der Waals surface area contributed by atoms with Gasteiger partial charge < -0.3 is 10.8 Å². The molecule has 2 heterocycles. The summed E-state index contributed by atoms with van der Waals surface area (Å²) in [6.45, 7) is 0. The SMILES string of the molecule is Nc1cnc2nc(C(=O)O)sc2c1. The van der Waals surface area contributed by atoms with Crippen molar-refractivity contribution in [2.75, 3.05) is 5.73 Å². The van der Waals surface area contributed by atoms with Crippen LogP contribution in [0.5, 0.6) is 0 Å². The van der Waals surface area contributed by atoms with Gasteiger partial charge in [0.25, 0.3) is 0 Å². The first-order chi connectivity index (χ1) is 6.16. The number of hydrogen-bond donors (Lipinski definition) is 2. The van der Waals surface area contributed by atoms with Crippen LogP contribution in [0, 0.1) is 0 Å². The lowest BCUT2D eigenvalue weighted by atomic mass is 10.4. The number of hydrogen-bond acceptors (Lipinski definition) is 5. The van der Waals surface area contributed by atoms with E-state index in [9.17, 15) is 4.79 Å². The molecule has 2 aromatic heterocycles. The summed E-state index contributed by atoms with van der Waals surface area (Å²) < 4.78 is 0.692. The molecule has 0 radical (unpaired) electrons. The Morgan fingerprint density at radius 3 is 3.08 bits per heavy atom. The summed E-state index contributed by atoms with van der Waals surface area (Å²) in [7, 11) is 0. The maximum Gasteiger partial charge on any atom is 0.365 e. The van der Waals surface area contributed by atoms with Gasteiger partial charge in [-0.2, -0.15) is 0 Å². The molecule has 3 N–H and O–H groups in total. The van der Waals surface area contributed by atoms with Crippen molar-refractivity contribution in [3.05, 3.63) is 17.3 Å². The van der Waals surface area contributed by atoms with Gasteiger partial charge in [-0.05, 0) is 6.07 Å². The monoisotopic (exact) mass is 195 g/mol. The second-order valence-corrected chi connectivity index (χ2v) is 3.45. The summed E-state index contributed by atoms with van der Waals surface area (Å²) in [6, 6.07) is 1.66. The Balaban J connectivity index is 2.68. The number of carbonyl (C=O) groups is 1. The maximum atomic E-state index is 10.5. The average Bonchev–Trinajstić information content (AvgIpc) is 2.46. The third-order valence-electron chi connectivity index (χ3n) is 1.45. The Morgan fingerprint density at radius 2 is 2.38 bits per heavy atom. The van der Waals surface area contributed by atoms with E-state index in [0.29, 0.717) is 16.0 Å². The van der Waals surface area contributed by atoms with Crippen molar-refractivity contribution < 1.29 is 9.90 Å². The number of aromatic nitrogens is 2. The van der Waals surface area contributed by atoms with E-state index < -0.39 is 5.97 Å². The molecule has 5 nitrogen and oxygen atoms in total. The molecule has 0 atom stereocenters. The highest BCUT2D eigenvalue weighted by Crippen LogP contribution is 2.21. The van der Waals surface area contributed by atoms with Gasteiger partial charge in [-0.1, -0.05) is 0 Å². The lowest BCUT2D eigenvalue weighted by molar-refractivity contribution is 0.0696. The molecule has 0 aromatic carbocycles. The van der Waals surface area contributed by atoms with Crippen LogP contribution in [0.25, 0.3) is 10.3 Å². The van der Waals surface area contributed by atoms with Crippen LogP contribution in [0.3, 0.4) is 0 Å². The summed E-state index contributed by atoms with van der Waals surface area (Å²) in [4.78, 5) is 18.2. The topological polar surface area (TPSA) is 89.1 Å². The molecule has 6 heteroatoms. The Hall–Kier alpha value is -1.69. The van der Waals surface area contributed by atoms with Crippen molar-refractivity contribution in [1.82, 2.24) is 9.97 Å². The standard InChI is InChI=1S/C7H5N3O2S/c8-3-1-4-5(9-2-3)10-6(13-4)7(11)12/h1-2H,8H2,(H,11,12). The van der Waals surface area contributed by atoms with Crippen LogP contribution in [0.4, 0.5) is 5.69 Å². The molecule has 13 heavy (non-hydrogen) atoms. The number of fused-ring (bicyclic) bond motifs is 1. The number of nitrogen functional groups attached to an aromatic ring is 1. The molecular weight excluding hydrogens is 190 g/mol. The fraction of sp³-hybridized carbons (Fsp3) is 0. The lowest BCUT2D eigenvalue weighted by Crippen LogP contribution is -1.93. The van der Waals surface area contributed by atoms with Crippen LogP contribution in [-0.2, 0) is 0 Å². The summed E-state index contributed by atoms with van der Waals surface area (Å²) in [5.74, 6) is -1.04. The van der Waals surface area contributed by atoms with Crippen LogP contribution >= 0.6 is 11.3 Å². The Bertz CT molecular complexity index is 480. The molecule has 0 aliphatic rings. The number of thiazole rings is 1. The predicted molar refractivity (Wildman–Crippen MR) is 48.8 cm³/mol. The van der Waals surface area contributed by atoms with Crippen molar-refractivity contribution >= 4 is 33.3 Å². The number of carboxylic acids is 1. The Kier molecular flexibility index (Phi) is 1.63. The normalized spacial score (nSPS) is 10.5. The minimum absolute atomic E-state index is 0.0353. The summed E-state index contributed by atoms with van der Waals surface area (Å²) >= 11 is 1.07. The molecule has 0 saturated carbocycles. The Labute approximate surface area is 76.9 Å². The van der Waals surface area contributed by atoms with Crippen LogP contribution in [0.15, 0.2) is 12.3 Å². The van der Waals surface area contributed by atoms with Crippen molar-refractivity contribution in [3.63, 3.8) is 0 Å². The zero-order chi connectivity index (χ0) is 9.42. The van der Waals surface area contributed by atoms with Crippen molar-refractivity contribution in [2.24, 2.45) is 0 Å². The van der Waals surface area contributed by atoms with Crippen LogP contribution in [0.1, 0.15) is 9.80 Å². The third kappa shape index (κ3) is 1.31. The molecule has 0 spiro atoms. The molecule has 0 fully saturated rings. The summed E-state index contributed by atoms with van der Waals surface area (Å²) in [5, 5.41) is 8.68. The van der Waals surface area contributed by atoms with Gasteiger partial charge in [-0.3, -0.25) is 0 Å². The van der Waals surface area contributed by atoms with E-state index >= 15 is 0 Å². The lowest BCUT2D eigenvalue weighted by Gasteiger charge is -1.88. The van der Waals surface area contributed by atoms with Crippen LogP contribution < -0.4 is 5.73 Å². The van der Waals surface area contributed by atoms with Crippen LogP contribution in [-0.4, -0.2) is 21.0 Å². The first kappa shape index (κ1) is 7.93. The summed E-state index contributed by atoms with van der Waals surface area (Å²) in [6.07, 6.45) is 1.45. The smallest absolute Gasteiger partial charge is 0.365 e. The van der Waals surface area contributed by atoms with E-state index in [1.54, 1.807) is 6.07 Å². The highest BCUT2D eigenvalue weighted by molar-refractivity contribution is 7.20. The molecule has 0 aliphatic carbocycles. The first-order valence-electron chi connectivity index (χ1n) is 3.42. The minimum Gasteiger partial charge on any atom is -0.476 e. The quantitative estimate of drug-likeness (QED) is 0.707. The van der Waals surface area contributed by atoms with Gasteiger partial charge in [0.2, 0.25) is 5.01 Å². The number of carboxylic acid groups (broad SMARTS) is 1. The minimum atomic E-state index is -1.04. The molecule has 0 bridgehead atoms. The Morgan fingerprint density at radius 1 is 1.62 bits per heavy atom. The molecular formula is C7H5N3O2S. The van der Waals surface area contributed by atoms with E-state index in [0.717, 1.165) is 11.3 Å². The molecule has 66 valence electrons. The van der Waals surface area contributed by atoms with E-state index in [1.807, 2.05) is 0 Å². The number of nitrogens with two attached hydrogens (primary N) is 1. The van der Waals surface area contributed by atoms with Crippen LogP contribution in [0.2, 0.25) is 0 Å². The second kappa shape index (κ2) is 2.67. The van der Waals surface area contributed by atoms with Gasteiger partial charge in [0, 0.05) is 0 Å². The number of nitrogens with zero attached hydrogens (tertiary/aromatic N) is 2. The van der Waals surface area contributed by atoms with Gasteiger partial charge >= 0.3 is 5.97 Å². The van der Waals surface area contributed by atoms with E-state index in [4.69, 9.17) is 10.8 Å². The molecule has 2 rings (SSSR count). The van der Waals surface area contributed by atoms with Crippen molar-refractivity contribution in [2.45, 2.75) is 0 Å². The second-order valence-electron chi connectivity index (χ2n) is 2.41. The number of anilines is 1. The zero-order valence-electron chi connectivity index (χ0n) is 6.39. The van der Waals surface area contributed by atoms with Gasteiger partial charge in [-0.25, -0.2) is 14.8 Å². The molecule has 0 unspecified atom stereocenters. The molecule has 0 saturated heterocycles. The first-order valence-corrected chi connectivity index (χ1v) is 4.24. The number of pyridine rings is 1. The van der Waals surface area contributed by atoms with Gasteiger partial charge in [-0.15, -0.1) is 11.3 Å². The van der Waals surface area contributed by atoms with Crippen molar-refractivity contribution in [1.29, 1.82) is 0 Å². The fourth-order valence-corrected chi connectivity index (χ4v) is 1.74. The third-order valence-corrected chi connectivity index (χ3v) is 2.43. The maximum absolute atomic E-state index is 10.5. The van der Waals surface area contributed by atoms with Gasteiger partial charge in [0.1, 0.15) is 0 Å². The predicted octanol–water partition coefficient (Wildman–Crippen LogP) is 0.972. The zero-order valence-corrected chi connectivity index (χ0v) is 7.21. The molecule has 0 amide bonds. The van der Waals surface area contributed by atoms with E-state index in [2.05, 4.69) is 9.97 Å². The number of aromatic carboxylic acids is 1. The van der Waals surface area contributed by atoms with Gasteiger partial charge in [0.05, 0.1) is 16.6 Å². The fourth-order valence-electron chi connectivity index (χ4n) is 0.926. The number of rotatable bonds is 1. The molecule has 2 aromatic rings. The van der Waals surface area contributed by atoms with Crippen molar-refractivity contribution in [3.8, 4) is 0 Å². The average molecular weight is 195 g/mol. The largest absolute Gasteiger partial charge is 0.476 e. The van der Waals surface area contributed by atoms with E-state index in [1.165, 1.54) is 6.20 Å². The highest BCUT2D eigenvalue weighted by Gasteiger charge is 2.10.